The lowest BCUT2D eigenvalue weighted by Crippen LogP contribution is -2.35. The Labute approximate surface area is 108 Å². The van der Waals surface area contributed by atoms with Crippen LogP contribution < -0.4 is 0 Å². The lowest BCUT2D eigenvalue weighted by Gasteiger charge is -2.26. The van der Waals surface area contributed by atoms with Crippen LogP contribution in [0, 0.1) is 5.92 Å². The minimum Gasteiger partial charge on any atom is -0.342 e. The second-order valence-corrected chi connectivity index (χ2v) is 5.62. The highest BCUT2D eigenvalue weighted by Gasteiger charge is 2.32. The maximum Gasteiger partial charge on any atom is 0.225 e. The zero-order valence-electron chi connectivity index (χ0n) is 10.8. The molecule has 0 aromatic carbocycles. The zero-order chi connectivity index (χ0) is 12.4. The first kappa shape index (κ1) is 11.8. The zero-order valence-corrected chi connectivity index (χ0v) is 10.8. The summed E-state index contributed by atoms with van der Waals surface area (Å²) < 4.78 is 0. The Balaban J connectivity index is 1.59. The number of amides is 1. The van der Waals surface area contributed by atoms with Crippen LogP contribution in [0.3, 0.4) is 0 Å². The van der Waals surface area contributed by atoms with Gasteiger partial charge in [-0.15, -0.1) is 0 Å². The Morgan fingerprint density at radius 3 is 2.83 bits per heavy atom. The predicted octanol–water partition coefficient (Wildman–Crippen LogP) is 2.31. The van der Waals surface area contributed by atoms with Crippen molar-refractivity contribution in [3.63, 3.8) is 0 Å². The summed E-state index contributed by atoms with van der Waals surface area (Å²) in [5, 5.41) is 7.03. The van der Waals surface area contributed by atoms with Crippen LogP contribution in [0.5, 0.6) is 0 Å². The van der Waals surface area contributed by atoms with Gasteiger partial charge < -0.3 is 4.90 Å². The Hall–Kier alpha value is -1.32. The van der Waals surface area contributed by atoms with Crippen LogP contribution in [0.2, 0.25) is 0 Å². The van der Waals surface area contributed by atoms with E-state index in [0.29, 0.717) is 17.7 Å². The number of carbonyl (C=O) groups excluding carboxylic acids is 1. The first-order valence-corrected chi connectivity index (χ1v) is 7.12. The summed E-state index contributed by atoms with van der Waals surface area (Å²) in [6, 6.07) is 2.03. The van der Waals surface area contributed by atoms with Gasteiger partial charge in [0.25, 0.3) is 0 Å². The van der Waals surface area contributed by atoms with Gasteiger partial charge in [0.05, 0.1) is 0 Å². The van der Waals surface area contributed by atoms with Crippen LogP contribution in [0.15, 0.2) is 12.3 Å². The van der Waals surface area contributed by atoms with E-state index in [1.807, 2.05) is 6.07 Å². The fourth-order valence-electron chi connectivity index (χ4n) is 3.32. The molecule has 1 saturated carbocycles. The van der Waals surface area contributed by atoms with Crippen molar-refractivity contribution in [2.45, 2.75) is 44.4 Å². The Morgan fingerprint density at radius 1 is 1.28 bits per heavy atom. The smallest absolute Gasteiger partial charge is 0.225 e. The van der Waals surface area contributed by atoms with Crippen molar-refractivity contribution < 1.29 is 4.79 Å². The largest absolute Gasteiger partial charge is 0.342 e. The highest BCUT2D eigenvalue weighted by atomic mass is 16.2. The third-order valence-electron chi connectivity index (χ3n) is 4.42. The summed E-state index contributed by atoms with van der Waals surface area (Å²) in [4.78, 5) is 14.5. The predicted molar refractivity (Wildman–Crippen MR) is 69.1 cm³/mol. The molecule has 1 atom stereocenters. The van der Waals surface area contributed by atoms with Crippen LogP contribution in [-0.2, 0) is 4.79 Å². The van der Waals surface area contributed by atoms with Crippen LogP contribution in [0.1, 0.15) is 50.1 Å². The van der Waals surface area contributed by atoms with Crippen molar-refractivity contribution in [3.8, 4) is 0 Å². The molecular formula is C14H21N3O. The molecule has 4 heteroatoms. The molecule has 1 aromatic heterocycles. The van der Waals surface area contributed by atoms with E-state index in [1.54, 1.807) is 6.20 Å². The standard InChI is InChI=1S/C14H21N3O/c18-14(11-4-2-1-3-5-11)17-9-7-12(10-17)13-6-8-15-16-13/h6,8,11-12H,1-5,7,9-10H2,(H,15,16)/t12-/m1/s1. The fourth-order valence-corrected chi connectivity index (χ4v) is 3.32. The van der Waals surface area contributed by atoms with Crippen molar-refractivity contribution in [3.05, 3.63) is 18.0 Å². The first-order valence-electron chi connectivity index (χ1n) is 7.12. The van der Waals surface area contributed by atoms with E-state index in [4.69, 9.17) is 0 Å². The van der Waals surface area contributed by atoms with Gasteiger partial charge in [-0.3, -0.25) is 9.89 Å². The Kier molecular flexibility index (Phi) is 3.35. The molecule has 2 fully saturated rings. The second-order valence-electron chi connectivity index (χ2n) is 5.62. The average Bonchev–Trinajstić information content (AvgIpc) is 3.09. The molecule has 1 saturated heterocycles. The van der Waals surface area contributed by atoms with E-state index in [1.165, 1.54) is 25.0 Å². The van der Waals surface area contributed by atoms with E-state index in [9.17, 15) is 4.79 Å². The third kappa shape index (κ3) is 2.28. The van der Waals surface area contributed by atoms with Crippen LogP contribution >= 0.6 is 0 Å². The Bertz CT molecular complexity index is 395. The van der Waals surface area contributed by atoms with Crippen LogP contribution in [0.25, 0.3) is 0 Å². The Morgan fingerprint density at radius 2 is 2.11 bits per heavy atom. The molecule has 1 aromatic rings. The molecule has 18 heavy (non-hydrogen) atoms. The number of carbonyl (C=O) groups is 1. The molecule has 4 nitrogen and oxygen atoms in total. The number of rotatable bonds is 2. The van der Waals surface area contributed by atoms with E-state index in [0.717, 1.165) is 32.4 Å². The van der Waals surface area contributed by atoms with Gasteiger partial charge in [0.2, 0.25) is 5.91 Å². The third-order valence-corrected chi connectivity index (χ3v) is 4.42. The maximum absolute atomic E-state index is 12.4. The molecular weight excluding hydrogens is 226 g/mol. The molecule has 1 aliphatic heterocycles. The SMILES string of the molecule is O=C(C1CCCCC1)N1CC[C@@H](c2ccn[nH]2)C1. The van der Waals surface area contributed by atoms with E-state index < -0.39 is 0 Å². The minimum absolute atomic E-state index is 0.305. The summed E-state index contributed by atoms with van der Waals surface area (Å²) >= 11 is 0. The van der Waals surface area contributed by atoms with E-state index >= 15 is 0 Å². The van der Waals surface area contributed by atoms with Gasteiger partial charge in [-0.25, -0.2) is 0 Å². The number of hydrogen-bond acceptors (Lipinski definition) is 2. The molecule has 3 rings (SSSR count). The van der Waals surface area contributed by atoms with Crippen LogP contribution in [0.4, 0.5) is 0 Å². The second kappa shape index (κ2) is 5.12. The molecule has 1 aliphatic carbocycles. The number of likely N-dealkylation sites (tertiary alicyclic amines) is 1. The molecule has 2 heterocycles. The highest BCUT2D eigenvalue weighted by Crippen LogP contribution is 2.30. The molecule has 0 radical (unpaired) electrons. The first-order chi connectivity index (χ1) is 8.84. The van der Waals surface area contributed by atoms with Gasteiger partial charge >= 0.3 is 0 Å². The fraction of sp³-hybridized carbons (Fsp3) is 0.714. The van der Waals surface area contributed by atoms with Gasteiger partial charge in [-0.2, -0.15) is 5.10 Å². The molecule has 1 amide bonds. The van der Waals surface area contributed by atoms with Gasteiger partial charge in [0.1, 0.15) is 0 Å². The summed E-state index contributed by atoms with van der Waals surface area (Å²) in [5.41, 5.74) is 1.17. The van der Waals surface area contributed by atoms with Gasteiger partial charge in [0.15, 0.2) is 0 Å². The van der Waals surface area contributed by atoms with E-state index in [2.05, 4.69) is 15.1 Å². The maximum atomic E-state index is 12.4. The molecule has 98 valence electrons. The summed E-state index contributed by atoms with van der Waals surface area (Å²) in [6.45, 7) is 1.79. The summed E-state index contributed by atoms with van der Waals surface area (Å²) in [5.74, 6) is 1.16. The monoisotopic (exact) mass is 247 g/mol. The average molecular weight is 247 g/mol. The van der Waals surface area contributed by atoms with Crippen molar-refractivity contribution in [2.24, 2.45) is 5.92 Å². The quantitative estimate of drug-likeness (QED) is 0.871. The molecule has 2 aliphatic rings. The van der Waals surface area contributed by atoms with Gasteiger partial charge in [0, 0.05) is 36.8 Å². The topological polar surface area (TPSA) is 49.0 Å². The molecule has 0 bridgehead atoms. The number of nitrogens with one attached hydrogen (secondary N) is 1. The normalized spacial score (nSPS) is 25.6. The van der Waals surface area contributed by atoms with Crippen molar-refractivity contribution in [2.75, 3.05) is 13.1 Å². The number of aromatic amines is 1. The van der Waals surface area contributed by atoms with Gasteiger partial charge in [-0.05, 0) is 25.3 Å². The molecule has 0 spiro atoms. The van der Waals surface area contributed by atoms with Crippen molar-refractivity contribution >= 4 is 5.91 Å². The molecule has 1 N–H and O–H groups in total. The number of hydrogen-bond donors (Lipinski definition) is 1. The lowest BCUT2D eigenvalue weighted by molar-refractivity contribution is -0.135. The number of nitrogens with zero attached hydrogens (tertiary/aromatic N) is 2. The summed E-state index contributed by atoms with van der Waals surface area (Å²) in [7, 11) is 0. The van der Waals surface area contributed by atoms with Gasteiger partial charge in [-0.1, -0.05) is 19.3 Å². The minimum atomic E-state index is 0.305. The van der Waals surface area contributed by atoms with Crippen LogP contribution in [-0.4, -0.2) is 34.1 Å². The van der Waals surface area contributed by atoms with Crippen molar-refractivity contribution in [1.82, 2.24) is 15.1 Å². The number of aromatic nitrogens is 2. The van der Waals surface area contributed by atoms with E-state index in [-0.39, 0.29) is 0 Å². The number of H-pyrrole nitrogens is 1. The highest BCUT2D eigenvalue weighted by molar-refractivity contribution is 5.79. The summed E-state index contributed by atoms with van der Waals surface area (Å²) in [6.07, 6.45) is 8.83. The lowest BCUT2D eigenvalue weighted by atomic mass is 9.88. The molecule has 0 unspecified atom stereocenters. The van der Waals surface area contributed by atoms with Crippen molar-refractivity contribution in [1.29, 1.82) is 0 Å².